The van der Waals surface area contributed by atoms with Gasteiger partial charge in [-0.2, -0.15) is 0 Å². The molecule has 0 bridgehead atoms. The zero-order valence-electron chi connectivity index (χ0n) is 14.9. The number of likely N-dealkylation sites (tertiary alicyclic amines) is 1. The number of hydrogen-bond acceptors (Lipinski definition) is 4. The highest BCUT2D eigenvalue weighted by molar-refractivity contribution is 5.85. The lowest BCUT2D eigenvalue weighted by Gasteiger charge is -2.27. The van der Waals surface area contributed by atoms with E-state index in [4.69, 9.17) is 4.52 Å². The molecule has 1 aliphatic heterocycles. The van der Waals surface area contributed by atoms with Crippen LogP contribution in [0.25, 0.3) is 11.3 Å². The Kier molecular flexibility index (Phi) is 4.26. The minimum Gasteiger partial charge on any atom is -0.361 e. The van der Waals surface area contributed by atoms with Crippen molar-refractivity contribution < 1.29 is 14.1 Å². The van der Waals surface area contributed by atoms with Crippen molar-refractivity contribution >= 4 is 11.8 Å². The molecule has 2 aromatic rings. The topological polar surface area (TPSA) is 75.4 Å². The molecule has 1 saturated carbocycles. The van der Waals surface area contributed by atoms with E-state index < -0.39 is 5.41 Å². The van der Waals surface area contributed by atoms with Gasteiger partial charge in [-0.25, -0.2) is 0 Å². The van der Waals surface area contributed by atoms with Crippen LogP contribution in [0.15, 0.2) is 40.9 Å². The summed E-state index contributed by atoms with van der Waals surface area (Å²) < 4.78 is 5.54. The van der Waals surface area contributed by atoms with Crippen LogP contribution in [0, 0.1) is 5.41 Å². The van der Waals surface area contributed by atoms with E-state index in [-0.39, 0.29) is 11.8 Å². The third-order valence-corrected chi connectivity index (χ3v) is 5.33. The van der Waals surface area contributed by atoms with Crippen LogP contribution in [0.1, 0.15) is 31.9 Å². The van der Waals surface area contributed by atoms with Crippen LogP contribution < -0.4 is 5.32 Å². The Bertz CT molecular complexity index is 813. The van der Waals surface area contributed by atoms with E-state index in [9.17, 15) is 9.59 Å². The molecule has 0 radical (unpaired) electrons. The van der Waals surface area contributed by atoms with Crippen molar-refractivity contribution in [3.8, 4) is 11.3 Å². The number of hydrogen-bond donors (Lipinski definition) is 1. The maximum atomic E-state index is 13.0. The van der Waals surface area contributed by atoms with Gasteiger partial charge in [-0.15, -0.1) is 0 Å². The third kappa shape index (κ3) is 3.36. The minimum absolute atomic E-state index is 0.00800. The van der Waals surface area contributed by atoms with Crippen molar-refractivity contribution in [3.05, 3.63) is 42.2 Å². The summed E-state index contributed by atoms with van der Waals surface area (Å²) in [5.41, 5.74) is 1.11. The van der Waals surface area contributed by atoms with Gasteiger partial charge in [-0.1, -0.05) is 35.5 Å². The quantitative estimate of drug-likeness (QED) is 0.896. The third-order valence-electron chi connectivity index (χ3n) is 5.33. The number of carbonyl (C=O) groups excluding carboxylic acids is 2. The summed E-state index contributed by atoms with van der Waals surface area (Å²) in [7, 11) is 0. The van der Waals surface area contributed by atoms with Gasteiger partial charge in [0, 0.05) is 44.1 Å². The normalized spacial score (nSPS) is 22.4. The first-order chi connectivity index (χ1) is 12.6. The van der Waals surface area contributed by atoms with Gasteiger partial charge in [0.15, 0.2) is 0 Å². The highest BCUT2D eigenvalue weighted by Crippen LogP contribution is 2.36. The second kappa shape index (κ2) is 6.59. The summed E-state index contributed by atoms with van der Waals surface area (Å²) in [5.74, 6) is 0.718. The van der Waals surface area contributed by atoms with E-state index in [0.29, 0.717) is 37.7 Å². The number of aromatic nitrogens is 1. The second-order valence-electron chi connectivity index (χ2n) is 7.44. The van der Waals surface area contributed by atoms with Gasteiger partial charge in [0.1, 0.15) is 11.5 Å². The van der Waals surface area contributed by atoms with Crippen molar-refractivity contribution in [1.82, 2.24) is 15.4 Å². The first kappa shape index (κ1) is 16.8. The summed E-state index contributed by atoms with van der Waals surface area (Å²) in [6.45, 7) is 2.59. The lowest BCUT2D eigenvalue weighted by atomic mass is 9.81. The number of nitrogens with one attached hydrogen (secondary N) is 1. The Balaban J connectivity index is 1.56. The lowest BCUT2D eigenvalue weighted by molar-refractivity contribution is -0.132. The van der Waals surface area contributed by atoms with Crippen LogP contribution in [0.5, 0.6) is 0 Å². The van der Waals surface area contributed by atoms with Gasteiger partial charge in [0.25, 0.3) is 0 Å². The van der Waals surface area contributed by atoms with E-state index in [0.717, 1.165) is 24.1 Å². The molecule has 0 spiro atoms. The molecule has 6 nitrogen and oxygen atoms in total. The van der Waals surface area contributed by atoms with E-state index in [1.807, 2.05) is 36.4 Å². The monoisotopic (exact) mass is 353 g/mol. The zero-order chi connectivity index (χ0) is 18.1. The fourth-order valence-electron chi connectivity index (χ4n) is 3.59. The SMILES string of the molecule is CC(=O)N1CC[C@](Cc2cc(-c3ccccc3)no2)(C(=O)NC2CC2)C1. The van der Waals surface area contributed by atoms with E-state index >= 15 is 0 Å². The minimum atomic E-state index is -0.637. The van der Waals surface area contributed by atoms with Gasteiger partial charge < -0.3 is 14.7 Å². The van der Waals surface area contributed by atoms with Crippen molar-refractivity contribution in [2.75, 3.05) is 13.1 Å². The summed E-state index contributed by atoms with van der Waals surface area (Å²) >= 11 is 0. The smallest absolute Gasteiger partial charge is 0.228 e. The van der Waals surface area contributed by atoms with Crippen molar-refractivity contribution in [2.45, 2.75) is 38.6 Å². The molecular weight excluding hydrogens is 330 g/mol. The summed E-state index contributed by atoms with van der Waals surface area (Å²) in [4.78, 5) is 26.5. The van der Waals surface area contributed by atoms with Crippen LogP contribution in [-0.4, -0.2) is 41.0 Å². The first-order valence-corrected chi connectivity index (χ1v) is 9.13. The molecule has 26 heavy (non-hydrogen) atoms. The highest BCUT2D eigenvalue weighted by Gasteiger charge is 2.47. The molecule has 2 amide bonds. The van der Waals surface area contributed by atoms with E-state index in [1.54, 1.807) is 11.8 Å². The largest absolute Gasteiger partial charge is 0.361 e. The number of amides is 2. The average Bonchev–Trinajstić information content (AvgIpc) is 3.17. The molecule has 2 aliphatic rings. The molecule has 2 heterocycles. The van der Waals surface area contributed by atoms with Crippen LogP contribution in [-0.2, 0) is 16.0 Å². The average molecular weight is 353 g/mol. The van der Waals surface area contributed by atoms with Crippen molar-refractivity contribution in [1.29, 1.82) is 0 Å². The van der Waals surface area contributed by atoms with Crippen LogP contribution in [0.2, 0.25) is 0 Å². The highest BCUT2D eigenvalue weighted by atomic mass is 16.5. The predicted octanol–water partition coefficient (Wildman–Crippen LogP) is 2.40. The number of carbonyl (C=O) groups is 2. The Morgan fingerprint density at radius 1 is 1.31 bits per heavy atom. The number of nitrogens with zero attached hydrogens (tertiary/aromatic N) is 2. The van der Waals surface area contributed by atoms with Crippen molar-refractivity contribution in [2.24, 2.45) is 5.41 Å². The van der Waals surface area contributed by atoms with E-state index in [2.05, 4.69) is 10.5 Å². The molecule has 1 aromatic heterocycles. The molecule has 1 aromatic carbocycles. The maximum Gasteiger partial charge on any atom is 0.228 e. The molecule has 1 N–H and O–H groups in total. The zero-order valence-corrected chi connectivity index (χ0v) is 14.9. The molecule has 1 aliphatic carbocycles. The molecule has 4 rings (SSSR count). The maximum absolute atomic E-state index is 13.0. The number of rotatable bonds is 5. The van der Waals surface area contributed by atoms with Crippen LogP contribution in [0.4, 0.5) is 0 Å². The molecular formula is C20H23N3O3. The van der Waals surface area contributed by atoms with E-state index in [1.165, 1.54) is 0 Å². The number of benzene rings is 1. The Morgan fingerprint density at radius 3 is 2.73 bits per heavy atom. The molecule has 6 heteroatoms. The van der Waals surface area contributed by atoms with Gasteiger partial charge in [-0.3, -0.25) is 9.59 Å². The van der Waals surface area contributed by atoms with Crippen LogP contribution in [0.3, 0.4) is 0 Å². The van der Waals surface area contributed by atoms with Crippen LogP contribution >= 0.6 is 0 Å². The first-order valence-electron chi connectivity index (χ1n) is 9.13. The van der Waals surface area contributed by atoms with Gasteiger partial charge in [0.2, 0.25) is 11.8 Å². The fraction of sp³-hybridized carbons (Fsp3) is 0.450. The lowest BCUT2D eigenvalue weighted by Crippen LogP contribution is -2.45. The molecule has 0 unspecified atom stereocenters. The summed E-state index contributed by atoms with van der Waals surface area (Å²) in [6, 6.07) is 12.0. The molecule has 2 fully saturated rings. The van der Waals surface area contributed by atoms with Crippen molar-refractivity contribution in [3.63, 3.8) is 0 Å². The van der Waals surface area contributed by atoms with Gasteiger partial charge >= 0.3 is 0 Å². The Labute approximate surface area is 152 Å². The summed E-state index contributed by atoms with van der Waals surface area (Å²) in [5, 5.41) is 7.27. The fourth-order valence-corrected chi connectivity index (χ4v) is 3.59. The molecule has 136 valence electrons. The molecule has 1 atom stereocenters. The Hall–Kier alpha value is -2.63. The predicted molar refractivity (Wildman–Crippen MR) is 96.1 cm³/mol. The summed E-state index contributed by atoms with van der Waals surface area (Å²) in [6.07, 6.45) is 3.18. The standard InChI is InChI=1S/C20H23N3O3/c1-14(24)23-10-9-20(13-23,19(25)21-16-7-8-16)12-17-11-18(22-26-17)15-5-3-2-4-6-15/h2-6,11,16H,7-10,12-13H2,1H3,(H,21,25)/t20-/m1/s1. The second-order valence-corrected chi connectivity index (χ2v) is 7.44. The molecule has 1 saturated heterocycles. The van der Waals surface area contributed by atoms with Gasteiger partial charge in [0.05, 0.1) is 5.41 Å². The van der Waals surface area contributed by atoms with Gasteiger partial charge in [-0.05, 0) is 19.3 Å². The Morgan fingerprint density at radius 2 is 2.08 bits per heavy atom.